The van der Waals surface area contributed by atoms with Crippen LogP contribution in [-0.4, -0.2) is 29.0 Å². The van der Waals surface area contributed by atoms with Crippen LogP contribution in [-0.2, 0) is 0 Å². The minimum absolute atomic E-state index is 0.00271. The van der Waals surface area contributed by atoms with Gasteiger partial charge >= 0.3 is 0 Å². The second-order valence-corrected chi connectivity index (χ2v) is 6.63. The third-order valence-corrected chi connectivity index (χ3v) is 4.93. The largest absolute Gasteiger partial charge is 0.504 e. The molecule has 1 aliphatic heterocycles. The average Bonchev–Trinajstić information content (AvgIpc) is 3.17. The predicted octanol–water partition coefficient (Wildman–Crippen LogP) is 3.41. The van der Waals surface area contributed by atoms with Crippen molar-refractivity contribution in [3.8, 4) is 40.5 Å². The number of H-pyrrole nitrogens is 1. The Hall–Kier alpha value is -4.12. The van der Waals surface area contributed by atoms with Gasteiger partial charge in [0.1, 0.15) is 17.4 Å². The summed E-state index contributed by atoms with van der Waals surface area (Å²) in [5, 5.41) is 27.0. The number of allylic oxidation sites excluding steroid dienone is 1. The van der Waals surface area contributed by atoms with Crippen LogP contribution in [0.3, 0.4) is 0 Å². The number of aromatic amines is 1. The van der Waals surface area contributed by atoms with Crippen LogP contribution in [0.25, 0.3) is 11.3 Å². The highest BCUT2D eigenvalue weighted by atomic mass is 16.5. The predicted molar refractivity (Wildman–Crippen MR) is 109 cm³/mol. The van der Waals surface area contributed by atoms with Gasteiger partial charge in [-0.15, -0.1) is 5.10 Å². The van der Waals surface area contributed by atoms with E-state index < -0.39 is 5.92 Å². The van der Waals surface area contributed by atoms with Crippen molar-refractivity contribution in [1.29, 1.82) is 5.26 Å². The maximum Gasteiger partial charge on any atom is 0.244 e. The zero-order valence-corrected chi connectivity index (χ0v) is 16.5. The van der Waals surface area contributed by atoms with Gasteiger partial charge in [0, 0.05) is 5.56 Å². The number of ether oxygens (including phenoxy) is 3. The van der Waals surface area contributed by atoms with E-state index in [1.165, 1.54) is 13.2 Å². The molecule has 1 aromatic heterocycles. The van der Waals surface area contributed by atoms with E-state index in [0.717, 1.165) is 11.3 Å². The fourth-order valence-electron chi connectivity index (χ4n) is 3.56. The van der Waals surface area contributed by atoms with Crippen molar-refractivity contribution in [3.63, 3.8) is 0 Å². The summed E-state index contributed by atoms with van der Waals surface area (Å²) in [5.41, 5.74) is 9.21. The number of methoxy groups -OCH3 is 1. The molecule has 0 bridgehead atoms. The van der Waals surface area contributed by atoms with E-state index in [1.54, 1.807) is 12.1 Å². The Bertz CT molecular complexity index is 1160. The SMILES string of the molecule is CCOc1ccc(-c2[nH]nc3c2C(c2ccc(O)c(OC)c2)C(C#N)=C(N)O3)cc1. The minimum atomic E-state index is -0.548. The van der Waals surface area contributed by atoms with Crippen LogP contribution in [0.5, 0.6) is 23.1 Å². The number of aromatic nitrogens is 2. The summed E-state index contributed by atoms with van der Waals surface area (Å²) in [6.07, 6.45) is 0. The smallest absolute Gasteiger partial charge is 0.244 e. The Balaban J connectivity index is 1.88. The summed E-state index contributed by atoms with van der Waals surface area (Å²) in [5.74, 6) is 0.797. The summed E-state index contributed by atoms with van der Waals surface area (Å²) in [6, 6.07) is 14.6. The molecule has 8 nitrogen and oxygen atoms in total. The first-order valence-corrected chi connectivity index (χ1v) is 9.33. The first-order valence-electron chi connectivity index (χ1n) is 9.33. The van der Waals surface area contributed by atoms with Gasteiger partial charge in [-0.05, 0) is 48.9 Å². The maximum absolute atomic E-state index is 9.98. The van der Waals surface area contributed by atoms with Crippen molar-refractivity contribution in [2.75, 3.05) is 13.7 Å². The average molecular weight is 404 g/mol. The number of nitrogens with zero attached hydrogens (tertiary/aromatic N) is 2. The van der Waals surface area contributed by atoms with Crippen molar-refractivity contribution in [2.24, 2.45) is 5.73 Å². The van der Waals surface area contributed by atoms with Crippen molar-refractivity contribution in [1.82, 2.24) is 10.2 Å². The van der Waals surface area contributed by atoms with E-state index >= 15 is 0 Å². The molecule has 0 aliphatic carbocycles. The van der Waals surface area contributed by atoms with Gasteiger partial charge in [-0.1, -0.05) is 6.07 Å². The van der Waals surface area contributed by atoms with Crippen molar-refractivity contribution in [2.45, 2.75) is 12.8 Å². The molecule has 0 spiro atoms. The van der Waals surface area contributed by atoms with E-state index in [2.05, 4.69) is 16.3 Å². The quantitative estimate of drug-likeness (QED) is 0.595. The number of hydrogen-bond acceptors (Lipinski definition) is 7. The van der Waals surface area contributed by atoms with Gasteiger partial charge in [-0.25, -0.2) is 0 Å². The third kappa shape index (κ3) is 3.16. The lowest BCUT2D eigenvalue weighted by Crippen LogP contribution is -2.21. The van der Waals surface area contributed by atoms with E-state index in [-0.39, 0.29) is 17.2 Å². The molecule has 3 aromatic rings. The van der Waals surface area contributed by atoms with Gasteiger partial charge in [-0.2, -0.15) is 5.26 Å². The van der Waals surface area contributed by atoms with Gasteiger partial charge in [0.25, 0.3) is 0 Å². The molecule has 30 heavy (non-hydrogen) atoms. The molecule has 1 aliphatic rings. The Morgan fingerprint density at radius 1 is 1.27 bits per heavy atom. The molecule has 8 heteroatoms. The monoisotopic (exact) mass is 404 g/mol. The highest BCUT2D eigenvalue weighted by molar-refractivity contribution is 5.71. The standard InChI is InChI=1S/C22H20N4O4/c1-3-29-14-7-4-12(5-8-14)20-19-18(13-6-9-16(27)17(10-13)28-2)15(11-23)21(24)30-22(19)26-25-20/h4-10,18,27H,3,24H2,1-2H3,(H,25,26). The van der Waals surface area contributed by atoms with Crippen LogP contribution in [0.4, 0.5) is 0 Å². The van der Waals surface area contributed by atoms with Crippen LogP contribution in [0.15, 0.2) is 53.9 Å². The second-order valence-electron chi connectivity index (χ2n) is 6.63. The van der Waals surface area contributed by atoms with Gasteiger partial charge in [0.15, 0.2) is 11.5 Å². The fourth-order valence-corrected chi connectivity index (χ4v) is 3.56. The molecule has 2 aromatic carbocycles. The second kappa shape index (κ2) is 7.72. The number of phenolic OH excluding ortho intramolecular Hbond substituents is 1. The molecule has 0 radical (unpaired) electrons. The molecule has 152 valence electrons. The minimum Gasteiger partial charge on any atom is -0.504 e. The molecule has 0 saturated carbocycles. The number of hydrogen-bond donors (Lipinski definition) is 3. The van der Waals surface area contributed by atoms with E-state index in [0.29, 0.717) is 35.1 Å². The van der Waals surface area contributed by atoms with Crippen LogP contribution < -0.4 is 19.9 Å². The number of nitrogens with one attached hydrogen (secondary N) is 1. The molecule has 0 saturated heterocycles. The van der Waals surface area contributed by atoms with Gasteiger partial charge in [0.05, 0.1) is 30.9 Å². The van der Waals surface area contributed by atoms with Gasteiger partial charge in [-0.3, -0.25) is 5.10 Å². The normalized spacial score (nSPS) is 15.2. The lowest BCUT2D eigenvalue weighted by atomic mass is 9.83. The molecule has 4 N–H and O–H groups in total. The van der Waals surface area contributed by atoms with Crippen LogP contribution in [0.1, 0.15) is 24.0 Å². The van der Waals surface area contributed by atoms with Crippen molar-refractivity contribution in [3.05, 3.63) is 65.0 Å². The molecule has 0 amide bonds. The number of rotatable bonds is 5. The van der Waals surface area contributed by atoms with Gasteiger partial charge in [0.2, 0.25) is 11.8 Å². The van der Waals surface area contributed by atoms with Gasteiger partial charge < -0.3 is 25.1 Å². The lowest BCUT2D eigenvalue weighted by molar-refractivity contribution is 0.340. The number of aromatic hydroxyl groups is 1. The fraction of sp³-hybridized carbons (Fsp3) is 0.182. The Kier molecular flexibility index (Phi) is 4.94. The molecular formula is C22H20N4O4. The Morgan fingerprint density at radius 3 is 2.70 bits per heavy atom. The summed E-state index contributed by atoms with van der Waals surface area (Å²) in [7, 11) is 1.47. The highest BCUT2D eigenvalue weighted by Gasteiger charge is 2.36. The first-order chi connectivity index (χ1) is 14.6. The lowest BCUT2D eigenvalue weighted by Gasteiger charge is -2.24. The highest BCUT2D eigenvalue weighted by Crippen LogP contribution is 2.46. The van der Waals surface area contributed by atoms with E-state index in [1.807, 2.05) is 31.2 Å². The zero-order chi connectivity index (χ0) is 21.3. The molecule has 1 atom stereocenters. The molecule has 1 unspecified atom stereocenters. The summed E-state index contributed by atoms with van der Waals surface area (Å²) in [6.45, 7) is 2.50. The van der Waals surface area contributed by atoms with E-state index in [9.17, 15) is 10.4 Å². The first kappa shape index (κ1) is 19.2. The molecule has 0 fully saturated rings. The number of fused-ring (bicyclic) bond motifs is 1. The van der Waals surface area contributed by atoms with E-state index in [4.69, 9.17) is 19.9 Å². The van der Waals surface area contributed by atoms with Crippen molar-refractivity contribution < 1.29 is 19.3 Å². The van der Waals surface area contributed by atoms with Crippen LogP contribution in [0, 0.1) is 11.3 Å². The molecular weight excluding hydrogens is 384 g/mol. The summed E-state index contributed by atoms with van der Waals surface area (Å²) >= 11 is 0. The summed E-state index contributed by atoms with van der Waals surface area (Å²) < 4.78 is 16.4. The number of benzene rings is 2. The number of phenols is 1. The Labute approximate surface area is 173 Å². The Morgan fingerprint density at radius 2 is 2.03 bits per heavy atom. The topological polar surface area (TPSA) is 126 Å². The number of nitriles is 1. The summed E-state index contributed by atoms with van der Waals surface area (Å²) in [4.78, 5) is 0. The van der Waals surface area contributed by atoms with Crippen molar-refractivity contribution >= 4 is 0 Å². The number of nitrogens with two attached hydrogens (primary N) is 1. The maximum atomic E-state index is 9.98. The third-order valence-electron chi connectivity index (χ3n) is 4.93. The molecule has 4 rings (SSSR count). The van der Waals surface area contributed by atoms with Crippen LogP contribution in [0.2, 0.25) is 0 Å². The molecule has 2 heterocycles. The zero-order valence-electron chi connectivity index (χ0n) is 16.5. The van der Waals surface area contributed by atoms with Crippen LogP contribution >= 0.6 is 0 Å².